The third-order valence-corrected chi connectivity index (χ3v) is 4.89. The van der Waals surface area contributed by atoms with Crippen molar-refractivity contribution in [1.29, 1.82) is 0 Å². The van der Waals surface area contributed by atoms with E-state index in [2.05, 4.69) is 5.32 Å². The van der Waals surface area contributed by atoms with E-state index in [-0.39, 0.29) is 18.9 Å². The molecule has 1 amide bonds. The average molecular weight is 367 g/mol. The van der Waals surface area contributed by atoms with Gasteiger partial charge in [-0.15, -0.1) is 0 Å². The first-order chi connectivity index (χ1) is 11.3. The molecule has 0 aliphatic carbocycles. The predicted octanol–water partition coefficient (Wildman–Crippen LogP) is 3.44. The molecule has 0 saturated carbocycles. The molecule has 0 heterocycles. The van der Waals surface area contributed by atoms with Gasteiger partial charge in [-0.3, -0.25) is 9.10 Å². The van der Waals surface area contributed by atoms with Crippen LogP contribution in [0, 0.1) is 6.92 Å². The van der Waals surface area contributed by atoms with Gasteiger partial charge in [0.25, 0.3) is 0 Å². The number of rotatable bonds is 6. The van der Waals surface area contributed by atoms with Gasteiger partial charge in [-0.05, 0) is 36.8 Å². The van der Waals surface area contributed by atoms with Crippen molar-refractivity contribution in [3.05, 3.63) is 59.1 Å². The van der Waals surface area contributed by atoms with Crippen LogP contribution in [0.4, 0.5) is 11.4 Å². The molecule has 2 rings (SSSR count). The fourth-order valence-electron chi connectivity index (χ4n) is 2.23. The highest BCUT2D eigenvalue weighted by molar-refractivity contribution is 7.92. The minimum atomic E-state index is -3.47. The van der Waals surface area contributed by atoms with Crippen molar-refractivity contribution in [3.8, 4) is 0 Å². The summed E-state index contributed by atoms with van der Waals surface area (Å²) in [6, 6.07) is 13.9. The summed E-state index contributed by atoms with van der Waals surface area (Å²) in [5.74, 6) is -0.273. The van der Waals surface area contributed by atoms with Gasteiger partial charge in [0.05, 0.1) is 11.9 Å². The van der Waals surface area contributed by atoms with Crippen molar-refractivity contribution < 1.29 is 13.2 Å². The highest BCUT2D eigenvalue weighted by atomic mass is 35.5. The Morgan fingerprint density at radius 1 is 1.17 bits per heavy atom. The summed E-state index contributed by atoms with van der Waals surface area (Å²) in [4.78, 5) is 12.2. The maximum absolute atomic E-state index is 12.2. The minimum Gasteiger partial charge on any atom is -0.326 e. The number of halogens is 1. The van der Waals surface area contributed by atoms with Crippen LogP contribution in [0.3, 0.4) is 0 Å². The number of carbonyl (C=O) groups excluding carboxylic acids is 1. The van der Waals surface area contributed by atoms with E-state index < -0.39 is 10.0 Å². The number of carbonyl (C=O) groups is 1. The molecule has 0 aliphatic heterocycles. The Balaban J connectivity index is 2.07. The SMILES string of the molecule is Cc1ccc(Cl)cc1NC(=O)CCN(c1ccccc1)S(C)(=O)=O. The van der Waals surface area contributed by atoms with Crippen LogP contribution in [-0.4, -0.2) is 27.1 Å². The maximum atomic E-state index is 12.2. The van der Waals surface area contributed by atoms with Crippen molar-refractivity contribution in [2.45, 2.75) is 13.3 Å². The molecule has 0 unspecified atom stereocenters. The van der Waals surface area contributed by atoms with Crippen molar-refractivity contribution in [2.75, 3.05) is 22.4 Å². The minimum absolute atomic E-state index is 0.0356. The van der Waals surface area contributed by atoms with Crippen molar-refractivity contribution >= 4 is 38.9 Å². The molecule has 0 spiro atoms. The zero-order chi connectivity index (χ0) is 17.7. The summed E-state index contributed by atoms with van der Waals surface area (Å²) in [6.07, 6.45) is 1.16. The molecular formula is C17H19ClN2O3S. The highest BCUT2D eigenvalue weighted by Gasteiger charge is 2.18. The number of para-hydroxylation sites is 1. The van der Waals surface area contributed by atoms with Gasteiger partial charge in [0.15, 0.2) is 0 Å². The summed E-state index contributed by atoms with van der Waals surface area (Å²) in [5, 5.41) is 3.29. The van der Waals surface area contributed by atoms with Crippen LogP contribution in [0.25, 0.3) is 0 Å². The maximum Gasteiger partial charge on any atom is 0.232 e. The number of amides is 1. The van der Waals surface area contributed by atoms with Gasteiger partial charge in [0.1, 0.15) is 0 Å². The van der Waals surface area contributed by atoms with E-state index in [1.807, 2.05) is 13.0 Å². The smallest absolute Gasteiger partial charge is 0.232 e. The molecule has 0 aromatic heterocycles. The van der Waals surface area contributed by atoms with Gasteiger partial charge in [-0.1, -0.05) is 35.9 Å². The Morgan fingerprint density at radius 3 is 2.46 bits per heavy atom. The second-order valence-corrected chi connectivity index (χ2v) is 7.77. The number of nitrogens with one attached hydrogen (secondary N) is 1. The second-order valence-electron chi connectivity index (χ2n) is 5.43. The number of hydrogen-bond donors (Lipinski definition) is 1. The Hall–Kier alpha value is -2.05. The lowest BCUT2D eigenvalue weighted by Gasteiger charge is -2.22. The Morgan fingerprint density at radius 2 is 1.83 bits per heavy atom. The number of nitrogens with zero attached hydrogens (tertiary/aromatic N) is 1. The van der Waals surface area contributed by atoms with Gasteiger partial charge in [0, 0.05) is 23.7 Å². The fraction of sp³-hybridized carbons (Fsp3) is 0.235. The number of benzene rings is 2. The zero-order valence-corrected chi connectivity index (χ0v) is 15.1. The van der Waals surface area contributed by atoms with Crippen molar-refractivity contribution in [2.24, 2.45) is 0 Å². The third kappa shape index (κ3) is 4.97. The van der Waals surface area contributed by atoms with Gasteiger partial charge >= 0.3 is 0 Å². The molecule has 2 aromatic carbocycles. The lowest BCUT2D eigenvalue weighted by Crippen LogP contribution is -2.33. The Labute approximate surface area is 147 Å². The van der Waals surface area contributed by atoms with Crippen LogP contribution >= 0.6 is 11.6 Å². The molecule has 0 aliphatic rings. The molecule has 24 heavy (non-hydrogen) atoms. The van der Waals surface area contributed by atoms with Gasteiger partial charge < -0.3 is 5.32 Å². The van der Waals surface area contributed by atoms with Gasteiger partial charge in [0.2, 0.25) is 15.9 Å². The van der Waals surface area contributed by atoms with E-state index in [1.165, 1.54) is 4.31 Å². The van der Waals surface area contributed by atoms with Crippen LogP contribution in [0.1, 0.15) is 12.0 Å². The molecular weight excluding hydrogens is 348 g/mol. The third-order valence-electron chi connectivity index (χ3n) is 3.46. The normalized spacial score (nSPS) is 11.1. The summed E-state index contributed by atoms with van der Waals surface area (Å²) in [7, 11) is -3.47. The van der Waals surface area contributed by atoms with Crippen molar-refractivity contribution in [1.82, 2.24) is 0 Å². The fourth-order valence-corrected chi connectivity index (χ4v) is 3.33. The zero-order valence-electron chi connectivity index (χ0n) is 13.5. The first-order valence-electron chi connectivity index (χ1n) is 7.36. The summed E-state index contributed by atoms with van der Waals surface area (Å²) < 4.78 is 25.2. The first kappa shape index (κ1) is 18.3. The largest absolute Gasteiger partial charge is 0.326 e. The quantitative estimate of drug-likeness (QED) is 0.851. The van der Waals surface area contributed by atoms with E-state index in [1.54, 1.807) is 42.5 Å². The van der Waals surface area contributed by atoms with E-state index >= 15 is 0 Å². The molecule has 7 heteroatoms. The van der Waals surface area contributed by atoms with Crippen LogP contribution in [0.2, 0.25) is 5.02 Å². The topological polar surface area (TPSA) is 66.5 Å². The monoisotopic (exact) mass is 366 g/mol. The van der Waals surface area contributed by atoms with Crippen LogP contribution in [-0.2, 0) is 14.8 Å². The van der Waals surface area contributed by atoms with Crippen LogP contribution < -0.4 is 9.62 Å². The molecule has 128 valence electrons. The molecule has 0 bridgehead atoms. The van der Waals surface area contributed by atoms with E-state index in [4.69, 9.17) is 11.6 Å². The standard InChI is InChI=1S/C17H19ClN2O3S/c1-13-8-9-14(18)12-16(13)19-17(21)10-11-20(24(2,22)23)15-6-4-3-5-7-15/h3-9,12H,10-11H2,1-2H3,(H,19,21). The van der Waals surface area contributed by atoms with Crippen molar-refractivity contribution in [3.63, 3.8) is 0 Å². The van der Waals surface area contributed by atoms with Gasteiger partial charge in [-0.25, -0.2) is 8.42 Å². The molecule has 1 N–H and O–H groups in total. The first-order valence-corrected chi connectivity index (χ1v) is 9.59. The molecule has 0 atom stereocenters. The van der Waals surface area contributed by atoms with Crippen LogP contribution in [0.15, 0.2) is 48.5 Å². The lowest BCUT2D eigenvalue weighted by molar-refractivity contribution is -0.116. The summed E-state index contributed by atoms with van der Waals surface area (Å²) in [6.45, 7) is 1.92. The molecule has 5 nitrogen and oxygen atoms in total. The number of sulfonamides is 1. The highest BCUT2D eigenvalue weighted by Crippen LogP contribution is 2.21. The average Bonchev–Trinajstić information content (AvgIpc) is 2.51. The Bertz CT molecular complexity index is 823. The lowest BCUT2D eigenvalue weighted by atomic mass is 10.2. The summed E-state index contributed by atoms with van der Waals surface area (Å²) >= 11 is 5.93. The number of anilines is 2. The predicted molar refractivity (Wildman–Crippen MR) is 98.1 cm³/mol. The number of aryl methyl sites for hydroxylation is 1. The van der Waals surface area contributed by atoms with E-state index in [0.29, 0.717) is 16.4 Å². The van der Waals surface area contributed by atoms with E-state index in [0.717, 1.165) is 11.8 Å². The Kier molecular flexibility index (Phi) is 5.85. The van der Waals surface area contributed by atoms with Crippen LogP contribution in [0.5, 0.6) is 0 Å². The summed E-state index contributed by atoms with van der Waals surface area (Å²) in [5.41, 5.74) is 2.04. The molecule has 0 saturated heterocycles. The second kappa shape index (κ2) is 7.68. The molecule has 2 aromatic rings. The molecule has 0 radical (unpaired) electrons. The number of hydrogen-bond acceptors (Lipinski definition) is 3. The molecule has 0 fully saturated rings. The van der Waals surface area contributed by atoms with Gasteiger partial charge in [-0.2, -0.15) is 0 Å². The van der Waals surface area contributed by atoms with E-state index in [9.17, 15) is 13.2 Å².